The molecule has 13 heavy (non-hydrogen) atoms. The summed E-state index contributed by atoms with van der Waals surface area (Å²) in [5.74, 6) is 0. The van der Waals surface area contributed by atoms with Crippen LogP contribution in [0.2, 0.25) is 0 Å². The lowest BCUT2D eigenvalue weighted by molar-refractivity contribution is 1.48. The summed E-state index contributed by atoms with van der Waals surface area (Å²) >= 11 is 5.08. The summed E-state index contributed by atoms with van der Waals surface area (Å²) in [7, 11) is 0. The molecule has 0 aliphatic rings. The minimum atomic E-state index is 0.813. The molecule has 0 aliphatic carbocycles. The zero-order chi connectivity index (χ0) is 9.42. The van der Waals surface area contributed by atoms with Crippen LogP contribution in [0.4, 0.5) is 0 Å². The van der Waals surface area contributed by atoms with Crippen molar-refractivity contribution in [2.75, 3.05) is 0 Å². The van der Waals surface area contributed by atoms with Crippen molar-refractivity contribution < 1.29 is 0 Å². The molecule has 0 saturated heterocycles. The summed E-state index contributed by atoms with van der Waals surface area (Å²) in [6.45, 7) is 1.98. The molecule has 0 fully saturated rings. The molecule has 0 amide bonds. The normalized spacial score (nSPS) is 10.2. The average Bonchev–Trinajstić information content (AvgIpc) is 2.39. The van der Waals surface area contributed by atoms with Gasteiger partial charge in [0.05, 0.1) is 5.56 Å². The van der Waals surface area contributed by atoms with E-state index in [2.05, 4.69) is 22.0 Å². The maximum Gasteiger partial charge on any atom is 0.101 e. The van der Waals surface area contributed by atoms with E-state index < -0.39 is 0 Å². The standard InChI is InChI=1S/C10H6BrNS/c1-6-9(5-12)8-3-2-7(11)4-10(8)13-6/h2-4H,1H3. The SMILES string of the molecule is Cc1sc2cc(Br)ccc2c1C#N. The first-order valence-corrected chi connectivity index (χ1v) is 5.42. The summed E-state index contributed by atoms with van der Waals surface area (Å²) in [6.07, 6.45) is 0. The lowest BCUT2D eigenvalue weighted by atomic mass is 10.1. The molecule has 0 radical (unpaired) electrons. The monoisotopic (exact) mass is 251 g/mol. The summed E-state index contributed by atoms with van der Waals surface area (Å²) in [6, 6.07) is 8.24. The Morgan fingerprint density at radius 1 is 1.46 bits per heavy atom. The zero-order valence-electron chi connectivity index (χ0n) is 6.97. The van der Waals surface area contributed by atoms with E-state index in [4.69, 9.17) is 5.26 Å². The van der Waals surface area contributed by atoms with E-state index in [0.717, 1.165) is 20.3 Å². The van der Waals surface area contributed by atoms with Crippen molar-refractivity contribution in [2.45, 2.75) is 6.92 Å². The highest BCUT2D eigenvalue weighted by molar-refractivity contribution is 9.10. The number of rotatable bonds is 0. The number of aryl methyl sites for hydroxylation is 1. The van der Waals surface area contributed by atoms with Gasteiger partial charge in [-0.05, 0) is 19.1 Å². The summed E-state index contributed by atoms with van der Waals surface area (Å²) < 4.78 is 2.23. The van der Waals surface area contributed by atoms with Gasteiger partial charge >= 0.3 is 0 Å². The van der Waals surface area contributed by atoms with Gasteiger partial charge in [-0.3, -0.25) is 0 Å². The van der Waals surface area contributed by atoms with Crippen LogP contribution in [0.25, 0.3) is 10.1 Å². The quantitative estimate of drug-likeness (QED) is 0.698. The molecule has 0 atom stereocenters. The van der Waals surface area contributed by atoms with E-state index in [1.165, 1.54) is 4.70 Å². The summed E-state index contributed by atoms with van der Waals surface area (Å²) in [4.78, 5) is 1.09. The van der Waals surface area contributed by atoms with Crippen molar-refractivity contribution in [1.29, 1.82) is 5.26 Å². The molecular formula is C10H6BrNS. The molecule has 64 valence electrons. The van der Waals surface area contributed by atoms with Crippen molar-refractivity contribution in [3.05, 3.63) is 33.1 Å². The smallest absolute Gasteiger partial charge is 0.101 e. The van der Waals surface area contributed by atoms with E-state index in [-0.39, 0.29) is 0 Å². The Labute approximate surface area is 88.7 Å². The van der Waals surface area contributed by atoms with Crippen LogP contribution in [0.15, 0.2) is 22.7 Å². The van der Waals surface area contributed by atoms with Gasteiger partial charge in [-0.2, -0.15) is 5.26 Å². The van der Waals surface area contributed by atoms with Gasteiger partial charge < -0.3 is 0 Å². The van der Waals surface area contributed by atoms with Gasteiger partial charge in [0.1, 0.15) is 6.07 Å². The number of nitriles is 1. The van der Waals surface area contributed by atoms with E-state index in [0.29, 0.717) is 0 Å². The van der Waals surface area contributed by atoms with E-state index in [9.17, 15) is 0 Å². The number of fused-ring (bicyclic) bond motifs is 1. The Kier molecular flexibility index (Phi) is 2.10. The first kappa shape index (κ1) is 8.74. The van der Waals surface area contributed by atoms with Crippen LogP contribution in [-0.2, 0) is 0 Å². The second-order valence-electron chi connectivity index (χ2n) is 2.79. The molecule has 0 unspecified atom stereocenters. The van der Waals surface area contributed by atoms with Gasteiger partial charge in [-0.1, -0.05) is 22.0 Å². The minimum Gasteiger partial charge on any atom is -0.192 e. The third-order valence-electron chi connectivity index (χ3n) is 1.94. The Bertz CT molecular complexity index is 507. The second kappa shape index (κ2) is 3.13. The van der Waals surface area contributed by atoms with E-state index in [1.54, 1.807) is 11.3 Å². The maximum absolute atomic E-state index is 8.92. The van der Waals surface area contributed by atoms with Crippen molar-refractivity contribution >= 4 is 37.4 Å². The van der Waals surface area contributed by atoms with Crippen molar-refractivity contribution in [3.8, 4) is 6.07 Å². The van der Waals surface area contributed by atoms with Crippen LogP contribution in [0.5, 0.6) is 0 Å². The number of benzene rings is 1. The van der Waals surface area contributed by atoms with Crippen molar-refractivity contribution in [3.63, 3.8) is 0 Å². The fourth-order valence-corrected chi connectivity index (χ4v) is 2.90. The Morgan fingerprint density at radius 3 is 2.92 bits per heavy atom. The molecule has 2 rings (SSSR count). The maximum atomic E-state index is 8.92. The predicted molar refractivity (Wildman–Crippen MR) is 59.0 cm³/mol. The summed E-state index contributed by atoms with van der Waals surface area (Å²) in [5.41, 5.74) is 0.813. The van der Waals surface area contributed by atoms with Gasteiger partial charge in [0, 0.05) is 19.4 Å². The predicted octanol–water partition coefficient (Wildman–Crippen LogP) is 3.84. The molecule has 1 nitrogen and oxygen atoms in total. The Balaban J connectivity index is 2.88. The van der Waals surface area contributed by atoms with E-state index in [1.807, 2.05) is 25.1 Å². The van der Waals surface area contributed by atoms with Crippen LogP contribution < -0.4 is 0 Å². The second-order valence-corrected chi connectivity index (χ2v) is 4.96. The lowest BCUT2D eigenvalue weighted by Gasteiger charge is -1.90. The highest BCUT2D eigenvalue weighted by Gasteiger charge is 2.07. The van der Waals surface area contributed by atoms with Crippen LogP contribution in [0.3, 0.4) is 0 Å². The average molecular weight is 252 g/mol. The van der Waals surface area contributed by atoms with Gasteiger partial charge in [0.2, 0.25) is 0 Å². The molecule has 0 spiro atoms. The number of hydrogen-bond acceptors (Lipinski definition) is 2. The molecule has 0 bridgehead atoms. The number of thiophene rings is 1. The number of hydrogen-bond donors (Lipinski definition) is 0. The largest absolute Gasteiger partial charge is 0.192 e. The molecule has 1 aromatic carbocycles. The molecular weight excluding hydrogens is 246 g/mol. The van der Waals surface area contributed by atoms with E-state index >= 15 is 0 Å². The topological polar surface area (TPSA) is 23.8 Å². The number of halogens is 1. The highest BCUT2D eigenvalue weighted by atomic mass is 79.9. The summed E-state index contributed by atoms with van der Waals surface area (Å²) in [5, 5.41) is 9.98. The van der Waals surface area contributed by atoms with Crippen molar-refractivity contribution in [1.82, 2.24) is 0 Å². The third kappa shape index (κ3) is 1.37. The molecule has 1 heterocycles. The molecule has 0 aliphatic heterocycles. The lowest BCUT2D eigenvalue weighted by Crippen LogP contribution is -1.72. The van der Waals surface area contributed by atoms with Gasteiger partial charge in [0.25, 0.3) is 0 Å². The Hall–Kier alpha value is -0.850. The first-order valence-electron chi connectivity index (χ1n) is 3.81. The van der Waals surface area contributed by atoms with Gasteiger partial charge in [-0.15, -0.1) is 11.3 Å². The van der Waals surface area contributed by atoms with Crippen molar-refractivity contribution in [2.24, 2.45) is 0 Å². The van der Waals surface area contributed by atoms with Crippen LogP contribution in [0, 0.1) is 18.3 Å². The molecule has 0 saturated carbocycles. The van der Waals surface area contributed by atoms with Gasteiger partial charge in [-0.25, -0.2) is 0 Å². The highest BCUT2D eigenvalue weighted by Crippen LogP contribution is 2.31. The molecule has 3 heteroatoms. The minimum absolute atomic E-state index is 0.813. The first-order chi connectivity index (χ1) is 6.22. The fourth-order valence-electron chi connectivity index (χ4n) is 1.33. The van der Waals surface area contributed by atoms with Gasteiger partial charge in [0.15, 0.2) is 0 Å². The molecule has 2 aromatic rings. The fraction of sp³-hybridized carbons (Fsp3) is 0.100. The van der Waals surface area contributed by atoms with Crippen LogP contribution >= 0.6 is 27.3 Å². The van der Waals surface area contributed by atoms with Crippen LogP contribution in [0.1, 0.15) is 10.4 Å². The molecule has 0 N–H and O–H groups in total. The van der Waals surface area contributed by atoms with Crippen LogP contribution in [-0.4, -0.2) is 0 Å². The zero-order valence-corrected chi connectivity index (χ0v) is 9.37. The number of nitrogens with zero attached hydrogens (tertiary/aromatic N) is 1. The third-order valence-corrected chi connectivity index (χ3v) is 3.50. The molecule has 1 aromatic heterocycles. The Morgan fingerprint density at radius 2 is 2.23 bits per heavy atom.